The summed E-state index contributed by atoms with van der Waals surface area (Å²) < 4.78 is 2.60. The highest BCUT2D eigenvalue weighted by Gasteiger charge is 2.20. The van der Waals surface area contributed by atoms with E-state index in [1.165, 1.54) is 115 Å². The maximum atomic E-state index is 2.46. The first kappa shape index (κ1) is 37.4. The smallest absolute Gasteiger partial charge is 0.0434 e. The molecule has 0 atom stereocenters. The number of hydrogen-bond acceptors (Lipinski definition) is 1. The third-order valence-corrected chi connectivity index (χ3v) is 13.3. The minimum Gasteiger partial charge on any atom is -0.134 e. The lowest BCUT2D eigenvalue weighted by atomic mass is 9.89. The summed E-state index contributed by atoms with van der Waals surface area (Å²) in [6.45, 7) is 2.19. The Morgan fingerprint density at radius 2 is 0.516 bits per heavy atom. The quantitative estimate of drug-likeness (QED) is 0.143. The molecule has 0 saturated carbocycles. The van der Waals surface area contributed by atoms with Crippen LogP contribution in [0.5, 0.6) is 0 Å². The zero-order chi connectivity index (χ0) is 41.4. The number of aryl methyl sites for hydroxylation is 1. The fraction of sp³-hybridized carbons (Fsp3) is 0.0164. The predicted molar refractivity (Wildman–Crippen MR) is 268 cm³/mol. The summed E-state index contributed by atoms with van der Waals surface area (Å²) >= 11 is 1.92. The van der Waals surface area contributed by atoms with Gasteiger partial charge in [0.2, 0.25) is 0 Å². The SMILES string of the molecule is Cc1cccc(-c2cc(-c3cc(-c4ccccc4)cc(-c4ccccc4)c3)cc3c2sc2c(-c4ccccc4)cc(-c4cc(-c5ccccc5)cc(-c5ccccc5)c4)cc23)c1. The summed E-state index contributed by atoms with van der Waals surface area (Å²) in [5.74, 6) is 0. The van der Waals surface area contributed by atoms with Gasteiger partial charge in [0.15, 0.2) is 0 Å². The van der Waals surface area contributed by atoms with Gasteiger partial charge in [-0.15, -0.1) is 11.3 Å². The van der Waals surface area contributed by atoms with Gasteiger partial charge >= 0.3 is 0 Å². The lowest BCUT2D eigenvalue weighted by Gasteiger charge is -2.14. The Hall–Kier alpha value is -7.58. The van der Waals surface area contributed by atoms with Crippen LogP contribution in [-0.2, 0) is 0 Å². The summed E-state index contributed by atoms with van der Waals surface area (Å²) in [6, 6.07) is 86.9. The number of benzene rings is 10. The molecule has 62 heavy (non-hydrogen) atoms. The Bertz CT molecular complexity index is 3250. The molecule has 0 bridgehead atoms. The Balaban J connectivity index is 1.21. The molecule has 0 amide bonds. The Morgan fingerprint density at radius 1 is 0.226 bits per heavy atom. The van der Waals surface area contributed by atoms with Gasteiger partial charge in [-0.25, -0.2) is 0 Å². The van der Waals surface area contributed by atoms with E-state index in [0.717, 1.165) is 0 Å². The molecular weight excluding hydrogens is 765 g/mol. The van der Waals surface area contributed by atoms with Crippen LogP contribution in [0.2, 0.25) is 0 Å². The molecule has 292 valence electrons. The van der Waals surface area contributed by atoms with Gasteiger partial charge in [0.05, 0.1) is 0 Å². The average Bonchev–Trinajstić information content (AvgIpc) is 3.73. The number of hydrogen-bond donors (Lipinski definition) is 0. The average molecular weight is 807 g/mol. The molecule has 0 N–H and O–H groups in total. The first-order valence-corrected chi connectivity index (χ1v) is 22.1. The van der Waals surface area contributed by atoms with Crippen molar-refractivity contribution in [1.82, 2.24) is 0 Å². The van der Waals surface area contributed by atoms with Gasteiger partial charge in [-0.05, 0) is 145 Å². The molecule has 0 aliphatic rings. The van der Waals surface area contributed by atoms with Gasteiger partial charge in [-0.3, -0.25) is 0 Å². The molecule has 10 aromatic carbocycles. The molecule has 1 heteroatoms. The molecule has 0 aliphatic carbocycles. The van der Waals surface area contributed by atoms with E-state index in [4.69, 9.17) is 0 Å². The van der Waals surface area contributed by atoms with E-state index in [2.05, 4.69) is 244 Å². The van der Waals surface area contributed by atoms with E-state index in [-0.39, 0.29) is 0 Å². The van der Waals surface area contributed by atoms with Crippen LogP contribution in [0.3, 0.4) is 0 Å². The molecule has 1 aromatic heterocycles. The molecule has 11 rings (SSSR count). The maximum absolute atomic E-state index is 2.46. The fourth-order valence-electron chi connectivity index (χ4n) is 8.95. The van der Waals surface area contributed by atoms with Crippen molar-refractivity contribution in [2.45, 2.75) is 6.92 Å². The van der Waals surface area contributed by atoms with E-state index >= 15 is 0 Å². The summed E-state index contributed by atoms with van der Waals surface area (Å²) in [4.78, 5) is 0. The molecular formula is C61H42S. The highest BCUT2D eigenvalue weighted by atomic mass is 32.1. The number of rotatable bonds is 8. The van der Waals surface area contributed by atoms with Crippen molar-refractivity contribution in [3.8, 4) is 89.0 Å². The minimum atomic E-state index is 1.20. The van der Waals surface area contributed by atoms with E-state index in [9.17, 15) is 0 Å². The van der Waals surface area contributed by atoms with Crippen molar-refractivity contribution in [2.75, 3.05) is 0 Å². The summed E-state index contributed by atoms with van der Waals surface area (Å²) in [5.41, 5.74) is 20.6. The lowest BCUT2D eigenvalue weighted by molar-refractivity contribution is 1.47. The van der Waals surface area contributed by atoms with Crippen molar-refractivity contribution >= 4 is 31.5 Å². The van der Waals surface area contributed by atoms with Crippen LogP contribution in [0.4, 0.5) is 0 Å². The second-order valence-corrected chi connectivity index (χ2v) is 17.2. The first-order valence-electron chi connectivity index (χ1n) is 21.3. The van der Waals surface area contributed by atoms with Crippen molar-refractivity contribution in [3.63, 3.8) is 0 Å². The minimum absolute atomic E-state index is 1.20. The highest BCUT2D eigenvalue weighted by Crippen LogP contribution is 2.48. The van der Waals surface area contributed by atoms with Crippen LogP contribution in [0.1, 0.15) is 5.56 Å². The maximum Gasteiger partial charge on any atom is 0.0434 e. The van der Waals surface area contributed by atoms with Crippen LogP contribution < -0.4 is 0 Å². The highest BCUT2D eigenvalue weighted by molar-refractivity contribution is 7.27. The zero-order valence-electron chi connectivity index (χ0n) is 34.4. The van der Waals surface area contributed by atoms with Crippen molar-refractivity contribution in [3.05, 3.63) is 242 Å². The molecule has 0 nitrogen and oxygen atoms in total. The van der Waals surface area contributed by atoms with Gasteiger partial charge in [-0.1, -0.05) is 181 Å². The van der Waals surface area contributed by atoms with Gasteiger partial charge in [0.25, 0.3) is 0 Å². The van der Waals surface area contributed by atoms with Crippen molar-refractivity contribution in [1.29, 1.82) is 0 Å². The Labute approximate surface area is 367 Å². The third kappa shape index (κ3) is 7.23. The monoisotopic (exact) mass is 806 g/mol. The molecule has 0 radical (unpaired) electrons. The van der Waals surface area contributed by atoms with Crippen LogP contribution in [0.25, 0.3) is 109 Å². The molecule has 11 aromatic rings. The molecule has 0 fully saturated rings. The summed E-state index contributed by atoms with van der Waals surface area (Å²) in [6.07, 6.45) is 0. The molecule has 0 spiro atoms. The van der Waals surface area contributed by atoms with Crippen molar-refractivity contribution in [2.24, 2.45) is 0 Å². The van der Waals surface area contributed by atoms with Crippen molar-refractivity contribution < 1.29 is 0 Å². The van der Waals surface area contributed by atoms with E-state index in [1.54, 1.807) is 0 Å². The lowest BCUT2D eigenvalue weighted by Crippen LogP contribution is -1.88. The van der Waals surface area contributed by atoms with E-state index < -0.39 is 0 Å². The first-order chi connectivity index (χ1) is 30.6. The predicted octanol–water partition coefficient (Wildman–Crippen LogP) is 17.7. The van der Waals surface area contributed by atoms with E-state index in [0.29, 0.717) is 0 Å². The normalized spacial score (nSPS) is 11.3. The molecule has 0 unspecified atom stereocenters. The topological polar surface area (TPSA) is 0 Å². The third-order valence-electron chi connectivity index (χ3n) is 12.0. The van der Waals surface area contributed by atoms with Gasteiger partial charge < -0.3 is 0 Å². The van der Waals surface area contributed by atoms with Crippen LogP contribution in [-0.4, -0.2) is 0 Å². The largest absolute Gasteiger partial charge is 0.134 e. The zero-order valence-corrected chi connectivity index (χ0v) is 35.2. The second kappa shape index (κ2) is 16.1. The molecule has 0 aliphatic heterocycles. The molecule has 0 saturated heterocycles. The number of thiophene rings is 1. The Kier molecular flexibility index (Phi) is 9.73. The summed E-state index contributed by atoms with van der Waals surface area (Å²) in [7, 11) is 0. The summed E-state index contributed by atoms with van der Waals surface area (Å²) in [5, 5.41) is 2.54. The molecule has 1 heterocycles. The Morgan fingerprint density at radius 3 is 0.871 bits per heavy atom. The van der Waals surface area contributed by atoms with Crippen LogP contribution in [0, 0.1) is 6.92 Å². The number of fused-ring (bicyclic) bond motifs is 3. The second-order valence-electron chi connectivity index (χ2n) is 16.2. The standard InChI is InChI=1S/C61H42S/c1-41-18-17-29-47(30-41)57-38-55(53-35-50(44-23-11-4-12-24-44)32-51(36-53)45-25-13-5-14-26-45)40-59-58-39-54(37-56(60(58)62-61(57)59)46-27-15-6-16-28-46)52-33-48(42-19-7-2-8-20-42)31-49(34-52)43-21-9-3-10-22-43/h2-40H,1H3. The van der Waals surface area contributed by atoms with Crippen LogP contribution >= 0.6 is 11.3 Å². The van der Waals surface area contributed by atoms with Gasteiger partial charge in [-0.2, -0.15) is 0 Å². The van der Waals surface area contributed by atoms with Crippen LogP contribution in [0.15, 0.2) is 237 Å². The van der Waals surface area contributed by atoms with Gasteiger partial charge in [0, 0.05) is 31.3 Å². The fourth-order valence-corrected chi connectivity index (χ4v) is 10.3. The van der Waals surface area contributed by atoms with Gasteiger partial charge in [0.1, 0.15) is 0 Å². The van der Waals surface area contributed by atoms with E-state index in [1.807, 2.05) is 11.3 Å².